The molecule has 0 saturated carbocycles. The Morgan fingerprint density at radius 3 is 2.46 bits per heavy atom. The number of nitrogens with zero attached hydrogens (tertiary/aromatic N) is 6. The highest BCUT2D eigenvalue weighted by molar-refractivity contribution is 14.0. The molecule has 0 radical (unpaired) electrons. The zero-order chi connectivity index (χ0) is 16.2. The van der Waals surface area contributed by atoms with Crippen molar-refractivity contribution in [3.05, 3.63) is 42.2 Å². The molecule has 0 spiro atoms. The van der Waals surface area contributed by atoms with Gasteiger partial charge in [0.15, 0.2) is 5.96 Å². The van der Waals surface area contributed by atoms with E-state index >= 15 is 0 Å². The van der Waals surface area contributed by atoms with E-state index in [1.54, 1.807) is 16.8 Å². The summed E-state index contributed by atoms with van der Waals surface area (Å²) >= 11 is 0. The normalized spacial score (nSPS) is 15.3. The second kappa shape index (κ2) is 8.27. The Morgan fingerprint density at radius 2 is 1.88 bits per heavy atom. The van der Waals surface area contributed by atoms with Crippen molar-refractivity contribution in [2.24, 2.45) is 17.8 Å². The van der Waals surface area contributed by atoms with E-state index in [-0.39, 0.29) is 29.8 Å². The predicted molar refractivity (Wildman–Crippen MR) is 102 cm³/mol. The summed E-state index contributed by atoms with van der Waals surface area (Å²) in [5.74, 6) is 1.08. The summed E-state index contributed by atoms with van der Waals surface area (Å²) in [6, 6.07) is 6.57. The van der Waals surface area contributed by atoms with Gasteiger partial charge in [0, 0.05) is 38.9 Å². The minimum Gasteiger partial charge on any atom is -0.370 e. The third-order valence-corrected chi connectivity index (χ3v) is 3.98. The van der Waals surface area contributed by atoms with Crippen molar-refractivity contribution in [1.29, 1.82) is 0 Å². The fourth-order valence-electron chi connectivity index (χ4n) is 2.56. The molecule has 9 heteroatoms. The van der Waals surface area contributed by atoms with Gasteiger partial charge in [-0.25, -0.2) is 14.4 Å². The number of hydrogen-bond acceptors (Lipinski definition) is 4. The summed E-state index contributed by atoms with van der Waals surface area (Å²) in [6.45, 7) is 3.63. The zero-order valence-corrected chi connectivity index (χ0v) is 15.8. The van der Waals surface area contributed by atoms with E-state index < -0.39 is 0 Å². The molecule has 1 aromatic carbocycles. The van der Waals surface area contributed by atoms with Crippen LogP contribution in [0, 0.1) is 5.82 Å². The average molecular weight is 445 g/mol. The molecule has 7 nitrogen and oxygen atoms in total. The van der Waals surface area contributed by atoms with Crippen LogP contribution in [-0.4, -0.2) is 51.8 Å². The largest absolute Gasteiger partial charge is 0.370 e. The van der Waals surface area contributed by atoms with Gasteiger partial charge in [-0.3, -0.25) is 4.68 Å². The van der Waals surface area contributed by atoms with Crippen LogP contribution < -0.4 is 10.6 Å². The first kappa shape index (κ1) is 18.4. The van der Waals surface area contributed by atoms with E-state index in [0.717, 1.165) is 37.7 Å². The first-order chi connectivity index (χ1) is 11.1. The van der Waals surface area contributed by atoms with Gasteiger partial charge in [-0.05, 0) is 24.3 Å². The van der Waals surface area contributed by atoms with Gasteiger partial charge in [0.05, 0.1) is 0 Å². The number of rotatable bonds is 3. The molecule has 1 aromatic heterocycles. The highest BCUT2D eigenvalue weighted by Gasteiger charge is 2.18. The molecule has 24 heavy (non-hydrogen) atoms. The van der Waals surface area contributed by atoms with Gasteiger partial charge >= 0.3 is 0 Å². The Kier molecular flexibility index (Phi) is 6.35. The standard InChI is InChI=1S/C15H20FN7.HI/c1-21-14(19-11-20-21)10-18-15(17)23-8-6-22(7-9-23)13-4-2-12(16)3-5-13;/h2-5,11H,6-10H2,1H3,(H2,17,18);1H. The minimum absolute atomic E-state index is 0. The van der Waals surface area contributed by atoms with Crippen molar-refractivity contribution >= 4 is 35.6 Å². The second-order valence-corrected chi connectivity index (χ2v) is 5.42. The molecule has 2 N–H and O–H groups in total. The maximum Gasteiger partial charge on any atom is 0.191 e. The van der Waals surface area contributed by atoms with Crippen LogP contribution in [0.4, 0.5) is 10.1 Å². The third-order valence-electron chi connectivity index (χ3n) is 3.98. The van der Waals surface area contributed by atoms with E-state index in [0.29, 0.717) is 12.5 Å². The van der Waals surface area contributed by atoms with Gasteiger partial charge < -0.3 is 15.5 Å². The number of nitrogens with two attached hydrogens (primary N) is 1. The lowest BCUT2D eigenvalue weighted by atomic mass is 10.2. The molecule has 1 saturated heterocycles. The van der Waals surface area contributed by atoms with Crippen molar-refractivity contribution in [2.75, 3.05) is 31.1 Å². The molecule has 0 atom stereocenters. The van der Waals surface area contributed by atoms with Gasteiger partial charge in [-0.2, -0.15) is 5.10 Å². The van der Waals surface area contributed by atoms with Gasteiger partial charge in [-0.15, -0.1) is 24.0 Å². The number of benzene rings is 1. The van der Waals surface area contributed by atoms with Crippen LogP contribution in [0.5, 0.6) is 0 Å². The highest BCUT2D eigenvalue weighted by Crippen LogP contribution is 2.16. The molecule has 1 aliphatic heterocycles. The summed E-state index contributed by atoms with van der Waals surface area (Å²) in [5.41, 5.74) is 7.10. The van der Waals surface area contributed by atoms with Crippen molar-refractivity contribution in [3.8, 4) is 0 Å². The number of hydrogen-bond donors (Lipinski definition) is 1. The van der Waals surface area contributed by atoms with Crippen molar-refractivity contribution < 1.29 is 4.39 Å². The lowest BCUT2D eigenvalue weighted by molar-refractivity contribution is 0.380. The molecule has 0 bridgehead atoms. The van der Waals surface area contributed by atoms with Crippen LogP contribution in [-0.2, 0) is 13.6 Å². The number of piperazine rings is 1. The number of anilines is 1. The molecular formula is C15H21FIN7. The Labute approximate surface area is 157 Å². The molecule has 0 aliphatic carbocycles. The Bertz CT molecular complexity index is 677. The smallest absolute Gasteiger partial charge is 0.191 e. The summed E-state index contributed by atoms with van der Waals surface area (Å²) in [7, 11) is 1.83. The van der Waals surface area contributed by atoms with Crippen LogP contribution in [0.15, 0.2) is 35.6 Å². The highest BCUT2D eigenvalue weighted by atomic mass is 127. The minimum atomic E-state index is -0.215. The molecular weight excluding hydrogens is 424 g/mol. The van der Waals surface area contributed by atoms with Crippen LogP contribution >= 0.6 is 24.0 Å². The number of aromatic nitrogens is 3. The van der Waals surface area contributed by atoms with Crippen molar-refractivity contribution in [1.82, 2.24) is 19.7 Å². The predicted octanol–water partition coefficient (Wildman–Crippen LogP) is 1.21. The molecule has 130 valence electrons. The molecule has 2 heterocycles. The Morgan fingerprint density at radius 1 is 1.21 bits per heavy atom. The topological polar surface area (TPSA) is 75.6 Å². The van der Waals surface area contributed by atoms with Gasteiger partial charge in [-0.1, -0.05) is 0 Å². The maximum absolute atomic E-state index is 13.0. The second-order valence-electron chi connectivity index (χ2n) is 5.42. The average Bonchev–Trinajstić information content (AvgIpc) is 2.99. The summed E-state index contributed by atoms with van der Waals surface area (Å²) < 4.78 is 14.7. The fraction of sp³-hybridized carbons (Fsp3) is 0.400. The molecule has 2 aromatic rings. The van der Waals surface area contributed by atoms with Crippen LogP contribution in [0.25, 0.3) is 0 Å². The van der Waals surface area contributed by atoms with Gasteiger partial charge in [0.2, 0.25) is 0 Å². The van der Waals surface area contributed by atoms with E-state index in [1.807, 2.05) is 7.05 Å². The monoisotopic (exact) mass is 445 g/mol. The Balaban J connectivity index is 0.00000208. The molecule has 3 rings (SSSR count). The van der Waals surface area contributed by atoms with Crippen molar-refractivity contribution in [3.63, 3.8) is 0 Å². The van der Waals surface area contributed by atoms with E-state index in [2.05, 4.69) is 24.9 Å². The van der Waals surface area contributed by atoms with Crippen molar-refractivity contribution in [2.45, 2.75) is 6.54 Å². The number of halogens is 2. The first-order valence-corrected chi connectivity index (χ1v) is 7.52. The number of aryl methyl sites for hydroxylation is 1. The zero-order valence-electron chi connectivity index (χ0n) is 13.5. The SMILES string of the molecule is Cn1ncnc1CN=C(N)N1CCN(c2ccc(F)cc2)CC1.I. The lowest BCUT2D eigenvalue weighted by Crippen LogP contribution is -2.51. The summed E-state index contributed by atoms with van der Waals surface area (Å²) in [6.07, 6.45) is 1.50. The van der Waals surface area contributed by atoms with E-state index in [9.17, 15) is 4.39 Å². The molecule has 0 unspecified atom stereocenters. The van der Waals surface area contributed by atoms with Gasteiger partial charge in [0.1, 0.15) is 24.5 Å². The Hall–Kier alpha value is -1.91. The van der Waals surface area contributed by atoms with E-state index in [4.69, 9.17) is 5.73 Å². The van der Waals surface area contributed by atoms with Crippen LogP contribution in [0.3, 0.4) is 0 Å². The van der Waals surface area contributed by atoms with E-state index in [1.165, 1.54) is 18.5 Å². The van der Waals surface area contributed by atoms with Crippen LogP contribution in [0.1, 0.15) is 5.82 Å². The lowest BCUT2D eigenvalue weighted by Gasteiger charge is -2.36. The fourth-order valence-corrected chi connectivity index (χ4v) is 2.56. The summed E-state index contributed by atoms with van der Waals surface area (Å²) in [5, 5.41) is 4.01. The molecule has 1 fully saturated rings. The van der Waals surface area contributed by atoms with Gasteiger partial charge in [0.25, 0.3) is 0 Å². The molecule has 1 aliphatic rings. The first-order valence-electron chi connectivity index (χ1n) is 7.52. The van der Waals surface area contributed by atoms with Crippen LogP contribution in [0.2, 0.25) is 0 Å². The molecule has 0 amide bonds. The quantitative estimate of drug-likeness (QED) is 0.437. The summed E-state index contributed by atoms with van der Waals surface area (Å²) in [4.78, 5) is 12.8. The number of guanidine groups is 1. The number of aliphatic imine (C=N–C) groups is 1. The third kappa shape index (κ3) is 4.34. The maximum atomic E-state index is 13.0.